The van der Waals surface area contributed by atoms with Gasteiger partial charge in [0.05, 0.1) is 13.0 Å². The van der Waals surface area contributed by atoms with Gasteiger partial charge < -0.3 is 14.4 Å². The Morgan fingerprint density at radius 3 is 2.81 bits per heavy atom. The van der Waals surface area contributed by atoms with E-state index in [4.69, 9.17) is 9.47 Å². The first-order valence-electron chi connectivity index (χ1n) is 11.7. The molecule has 1 aromatic rings. The summed E-state index contributed by atoms with van der Waals surface area (Å²) >= 11 is 0. The third kappa shape index (κ3) is 3.78. The van der Waals surface area contributed by atoms with Crippen LogP contribution in [0.4, 0.5) is 5.69 Å². The van der Waals surface area contributed by atoms with Crippen molar-refractivity contribution in [2.75, 3.05) is 44.7 Å². The zero-order chi connectivity index (χ0) is 21.6. The standard InChI is InChI=1S/C26H34N2O3/c1-18-6-5-9-26(2)16-24-21(15-23(18)26)22(25(29)31-24)17-27-10-12-28(13-11-27)19-7-4-8-20(14-19)30-3/h4,6-8,14-15,21-22,24H,5,9-13,16-17H2,1-3H3/t21-,22+,24-,26-/m1/s1. The minimum absolute atomic E-state index is 0.00551. The third-order valence-corrected chi connectivity index (χ3v) is 7.94. The molecular formula is C26H34N2O3. The molecule has 5 nitrogen and oxygen atoms in total. The Kier molecular flexibility index (Phi) is 5.33. The number of fused-ring (bicyclic) bond motifs is 2. The first-order valence-corrected chi connectivity index (χ1v) is 11.7. The number of allylic oxidation sites excluding steroid dienone is 3. The smallest absolute Gasteiger partial charge is 0.311 e. The molecule has 0 amide bonds. The fourth-order valence-electron chi connectivity index (χ4n) is 6.11. The summed E-state index contributed by atoms with van der Waals surface area (Å²) in [5.74, 6) is 1.07. The average molecular weight is 423 g/mol. The monoisotopic (exact) mass is 422 g/mol. The van der Waals surface area contributed by atoms with E-state index in [2.05, 4.69) is 47.9 Å². The lowest BCUT2D eigenvalue weighted by Crippen LogP contribution is -2.49. The van der Waals surface area contributed by atoms with E-state index in [1.54, 1.807) is 7.11 Å². The van der Waals surface area contributed by atoms with Gasteiger partial charge >= 0.3 is 5.97 Å². The first-order chi connectivity index (χ1) is 15.0. The molecule has 2 heterocycles. The van der Waals surface area contributed by atoms with Gasteiger partial charge in [0.25, 0.3) is 0 Å². The van der Waals surface area contributed by atoms with Crippen molar-refractivity contribution in [3.63, 3.8) is 0 Å². The van der Waals surface area contributed by atoms with Crippen molar-refractivity contribution in [2.45, 2.75) is 39.2 Å². The molecule has 0 aromatic heterocycles. The number of ether oxygens (including phenoxy) is 2. The van der Waals surface area contributed by atoms with Crippen LogP contribution < -0.4 is 9.64 Å². The van der Waals surface area contributed by atoms with Gasteiger partial charge in [0.1, 0.15) is 11.9 Å². The summed E-state index contributed by atoms with van der Waals surface area (Å²) in [6, 6.07) is 8.26. The number of carbonyl (C=O) groups excluding carboxylic acids is 1. The van der Waals surface area contributed by atoms with Crippen LogP contribution in [0.3, 0.4) is 0 Å². The predicted octanol–water partition coefficient (Wildman–Crippen LogP) is 4.05. The molecule has 5 heteroatoms. The molecule has 2 aliphatic carbocycles. The summed E-state index contributed by atoms with van der Waals surface area (Å²) in [4.78, 5) is 17.7. The number of benzene rings is 1. The minimum Gasteiger partial charge on any atom is -0.497 e. The number of rotatable bonds is 4. The summed E-state index contributed by atoms with van der Waals surface area (Å²) in [5, 5.41) is 0. The summed E-state index contributed by atoms with van der Waals surface area (Å²) in [5.41, 5.74) is 4.23. The molecule has 0 spiro atoms. The Hall–Kier alpha value is -2.27. The van der Waals surface area contributed by atoms with Crippen LogP contribution in [0.1, 0.15) is 33.1 Å². The molecule has 0 unspecified atom stereocenters. The van der Waals surface area contributed by atoms with Gasteiger partial charge in [0.2, 0.25) is 0 Å². The second-order valence-electron chi connectivity index (χ2n) is 9.92. The van der Waals surface area contributed by atoms with E-state index >= 15 is 0 Å². The van der Waals surface area contributed by atoms with Crippen molar-refractivity contribution in [1.29, 1.82) is 0 Å². The quantitative estimate of drug-likeness (QED) is 0.685. The Labute approximate surface area is 185 Å². The molecular weight excluding hydrogens is 388 g/mol. The highest BCUT2D eigenvalue weighted by Gasteiger charge is 2.51. The van der Waals surface area contributed by atoms with Gasteiger partial charge in [0.15, 0.2) is 0 Å². The van der Waals surface area contributed by atoms with Gasteiger partial charge in [-0.3, -0.25) is 9.69 Å². The molecule has 0 radical (unpaired) electrons. The van der Waals surface area contributed by atoms with Gasteiger partial charge in [-0.2, -0.15) is 0 Å². The van der Waals surface area contributed by atoms with E-state index in [0.29, 0.717) is 0 Å². The molecule has 0 saturated carbocycles. The fourth-order valence-corrected chi connectivity index (χ4v) is 6.11. The summed E-state index contributed by atoms with van der Waals surface area (Å²) in [6.07, 6.45) is 8.08. The van der Waals surface area contributed by atoms with E-state index in [1.165, 1.54) is 16.8 Å². The number of hydrogen-bond acceptors (Lipinski definition) is 5. The van der Waals surface area contributed by atoms with Crippen molar-refractivity contribution in [1.82, 2.24) is 4.90 Å². The predicted molar refractivity (Wildman–Crippen MR) is 122 cm³/mol. The molecule has 5 rings (SSSR count). The number of hydrogen-bond donors (Lipinski definition) is 0. The van der Waals surface area contributed by atoms with E-state index < -0.39 is 0 Å². The molecule has 2 saturated heterocycles. The van der Waals surface area contributed by atoms with Crippen molar-refractivity contribution in [3.8, 4) is 5.75 Å². The number of anilines is 1. The Balaban J connectivity index is 1.26. The SMILES string of the molecule is COc1cccc(N2CCN(C[C@@H]3C(=O)O[C@@H]4C[C@@]5(C)CCC=C(C)C5=C[C@H]34)CC2)c1. The number of nitrogens with zero attached hydrogens (tertiary/aromatic N) is 2. The zero-order valence-corrected chi connectivity index (χ0v) is 19.0. The zero-order valence-electron chi connectivity index (χ0n) is 19.0. The molecule has 31 heavy (non-hydrogen) atoms. The van der Waals surface area contributed by atoms with Gasteiger partial charge in [-0.25, -0.2) is 0 Å². The topological polar surface area (TPSA) is 42.0 Å². The first kappa shape index (κ1) is 20.6. The third-order valence-electron chi connectivity index (χ3n) is 7.94. The largest absolute Gasteiger partial charge is 0.497 e. The van der Waals surface area contributed by atoms with Crippen LogP contribution in [0.15, 0.2) is 47.6 Å². The highest BCUT2D eigenvalue weighted by atomic mass is 16.6. The van der Waals surface area contributed by atoms with Crippen molar-refractivity contribution in [3.05, 3.63) is 47.6 Å². The van der Waals surface area contributed by atoms with Crippen LogP contribution in [0.2, 0.25) is 0 Å². The van der Waals surface area contributed by atoms with Crippen molar-refractivity contribution < 1.29 is 14.3 Å². The Morgan fingerprint density at radius 1 is 1.23 bits per heavy atom. The van der Waals surface area contributed by atoms with Crippen LogP contribution in [-0.2, 0) is 9.53 Å². The fraction of sp³-hybridized carbons (Fsp3) is 0.577. The van der Waals surface area contributed by atoms with Gasteiger partial charge in [-0.05, 0) is 49.3 Å². The molecule has 166 valence electrons. The summed E-state index contributed by atoms with van der Waals surface area (Å²) < 4.78 is 11.3. The van der Waals surface area contributed by atoms with Crippen LogP contribution in [0.5, 0.6) is 5.75 Å². The van der Waals surface area contributed by atoms with Crippen LogP contribution in [0.25, 0.3) is 0 Å². The molecule has 2 aliphatic heterocycles. The minimum atomic E-state index is -0.0415. The maximum Gasteiger partial charge on any atom is 0.311 e. The van der Waals surface area contributed by atoms with E-state index in [1.807, 2.05) is 12.1 Å². The van der Waals surface area contributed by atoms with Gasteiger partial charge in [0, 0.05) is 50.4 Å². The maximum absolute atomic E-state index is 12.8. The number of carbonyl (C=O) groups is 1. The number of esters is 1. The maximum atomic E-state index is 12.8. The van der Waals surface area contributed by atoms with E-state index in [0.717, 1.165) is 57.7 Å². The molecule has 0 bridgehead atoms. The van der Waals surface area contributed by atoms with Crippen LogP contribution >= 0.6 is 0 Å². The molecule has 2 fully saturated rings. The number of piperazine rings is 1. The van der Waals surface area contributed by atoms with Gasteiger partial charge in [-0.15, -0.1) is 0 Å². The molecule has 4 aliphatic rings. The lowest BCUT2D eigenvalue weighted by atomic mass is 9.62. The Morgan fingerprint density at radius 2 is 2.03 bits per heavy atom. The second-order valence-corrected chi connectivity index (χ2v) is 9.92. The second kappa shape index (κ2) is 8.01. The summed E-state index contributed by atoms with van der Waals surface area (Å²) in [6.45, 7) is 9.24. The van der Waals surface area contributed by atoms with Crippen LogP contribution in [0, 0.1) is 17.3 Å². The molecule has 1 aromatic carbocycles. The molecule has 4 atom stereocenters. The highest BCUT2D eigenvalue weighted by Crippen LogP contribution is 2.52. The van der Waals surface area contributed by atoms with Crippen molar-refractivity contribution >= 4 is 11.7 Å². The lowest BCUT2D eigenvalue weighted by Gasteiger charge is -2.43. The van der Waals surface area contributed by atoms with Crippen molar-refractivity contribution in [2.24, 2.45) is 17.3 Å². The number of methoxy groups -OCH3 is 1. The summed E-state index contributed by atoms with van der Waals surface area (Å²) in [7, 11) is 1.71. The van der Waals surface area contributed by atoms with E-state index in [-0.39, 0.29) is 29.3 Å². The highest BCUT2D eigenvalue weighted by molar-refractivity contribution is 5.76. The normalized spacial score (nSPS) is 33.2. The average Bonchev–Trinajstić information content (AvgIpc) is 3.06. The Bertz CT molecular complexity index is 915. The van der Waals surface area contributed by atoms with Gasteiger partial charge in [-0.1, -0.05) is 30.7 Å². The van der Waals surface area contributed by atoms with E-state index in [9.17, 15) is 4.79 Å². The lowest BCUT2D eigenvalue weighted by molar-refractivity contribution is -0.145. The van der Waals surface area contributed by atoms with Crippen LogP contribution in [-0.4, -0.2) is 56.8 Å². The molecule has 0 N–H and O–H groups in total.